The van der Waals surface area contributed by atoms with Crippen LogP contribution in [0.4, 0.5) is 5.82 Å². The van der Waals surface area contributed by atoms with Gasteiger partial charge in [-0.15, -0.1) is 0 Å². The summed E-state index contributed by atoms with van der Waals surface area (Å²) in [5.41, 5.74) is 0. The highest BCUT2D eigenvalue weighted by atomic mass is 79.9. The van der Waals surface area contributed by atoms with E-state index in [2.05, 4.69) is 52.0 Å². The molecule has 0 aromatic carbocycles. The molecular formula is C14H24BrN3O. The lowest BCUT2D eigenvalue weighted by Gasteiger charge is -2.16. The van der Waals surface area contributed by atoms with Gasteiger partial charge in [0.05, 0.1) is 0 Å². The third-order valence-corrected chi connectivity index (χ3v) is 3.44. The Balaban J connectivity index is 2.65. The quantitative estimate of drug-likeness (QED) is 0.716. The van der Waals surface area contributed by atoms with Crippen LogP contribution in [-0.4, -0.2) is 28.2 Å². The molecule has 1 atom stereocenters. The SMILES string of the molecule is CCCC(CCO)CNc1cc(Br)nc(C(C)C)n1. The lowest BCUT2D eigenvalue weighted by atomic mass is 10.0. The first kappa shape index (κ1) is 16.4. The van der Waals surface area contributed by atoms with E-state index in [0.717, 1.165) is 42.1 Å². The zero-order valence-electron chi connectivity index (χ0n) is 12.0. The molecule has 0 spiro atoms. The Kier molecular flexibility index (Phi) is 7.31. The van der Waals surface area contributed by atoms with Crippen molar-refractivity contribution < 1.29 is 5.11 Å². The van der Waals surface area contributed by atoms with Gasteiger partial charge in [0.2, 0.25) is 0 Å². The van der Waals surface area contributed by atoms with Gasteiger partial charge in [0.25, 0.3) is 0 Å². The molecule has 0 bridgehead atoms. The minimum absolute atomic E-state index is 0.247. The summed E-state index contributed by atoms with van der Waals surface area (Å²) in [6, 6.07) is 1.90. The molecule has 5 heteroatoms. The van der Waals surface area contributed by atoms with Crippen LogP contribution in [-0.2, 0) is 0 Å². The van der Waals surface area contributed by atoms with Crippen molar-refractivity contribution in [1.82, 2.24) is 9.97 Å². The van der Waals surface area contributed by atoms with Crippen molar-refractivity contribution in [3.8, 4) is 0 Å². The van der Waals surface area contributed by atoms with Gasteiger partial charge in [0.1, 0.15) is 16.2 Å². The van der Waals surface area contributed by atoms with E-state index in [0.29, 0.717) is 11.8 Å². The lowest BCUT2D eigenvalue weighted by Crippen LogP contribution is -2.17. The predicted octanol–water partition coefficient (Wildman–Crippen LogP) is 3.57. The van der Waals surface area contributed by atoms with Gasteiger partial charge in [-0.05, 0) is 34.7 Å². The number of aliphatic hydroxyl groups excluding tert-OH is 1. The molecule has 2 N–H and O–H groups in total. The maximum atomic E-state index is 9.06. The molecule has 108 valence electrons. The first-order valence-electron chi connectivity index (χ1n) is 6.96. The van der Waals surface area contributed by atoms with E-state index in [9.17, 15) is 0 Å². The summed E-state index contributed by atoms with van der Waals surface area (Å²) in [4.78, 5) is 8.87. The fraction of sp³-hybridized carbons (Fsp3) is 0.714. The van der Waals surface area contributed by atoms with Gasteiger partial charge in [-0.25, -0.2) is 9.97 Å². The van der Waals surface area contributed by atoms with Gasteiger partial charge in [-0.3, -0.25) is 0 Å². The van der Waals surface area contributed by atoms with E-state index >= 15 is 0 Å². The molecule has 19 heavy (non-hydrogen) atoms. The summed E-state index contributed by atoms with van der Waals surface area (Å²) in [5.74, 6) is 2.49. The summed E-state index contributed by atoms with van der Waals surface area (Å²) in [5, 5.41) is 12.4. The minimum atomic E-state index is 0.247. The van der Waals surface area contributed by atoms with E-state index in [4.69, 9.17) is 5.11 Å². The standard InChI is InChI=1S/C14H24BrN3O/c1-4-5-11(6-7-19)9-16-13-8-12(15)17-14(18-13)10(2)3/h8,10-11,19H,4-7,9H2,1-3H3,(H,16,17,18). The zero-order chi connectivity index (χ0) is 14.3. The van der Waals surface area contributed by atoms with Crippen LogP contribution in [0.1, 0.15) is 51.8 Å². The van der Waals surface area contributed by atoms with Gasteiger partial charge in [0, 0.05) is 25.1 Å². The number of rotatable bonds is 8. The Bertz CT molecular complexity index is 379. The molecule has 0 radical (unpaired) electrons. The largest absolute Gasteiger partial charge is 0.396 e. The lowest BCUT2D eigenvalue weighted by molar-refractivity contribution is 0.255. The van der Waals surface area contributed by atoms with Gasteiger partial charge in [-0.1, -0.05) is 27.2 Å². The van der Waals surface area contributed by atoms with Crippen molar-refractivity contribution in [2.75, 3.05) is 18.5 Å². The Morgan fingerprint density at radius 3 is 2.63 bits per heavy atom. The summed E-state index contributed by atoms with van der Waals surface area (Å²) < 4.78 is 0.808. The van der Waals surface area contributed by atoms with Gasteiger partial charge < -0.3 is 10.4 Å². The average molecular weight is 330 g/mol. The smallest absolute Gasteiger partial charge is 0.134 e. The number of nitrogens with one attached hydrogen (secondary N) is 1. The molecule has 0 saturated carbocycles. The van der Waals surface area contributed by atoms with Crippen LogP contribution in [0.25, 0.3) is 0 Å². The molecular weight excluding hydrogens is 306 g/mol. The van der Waals surface area contributed by atoms with E-state index in [-0.39, 0.29) is 6.61 Å². The maximum Gasteiger partial charge on any atom is 0.134 e. The molecule has 1 aromatic rings. The number of hydrogen-bond acceptors (Lipinski definition) is 4. The van der Waals surface area contributed by atoms with Gasteiger partial charge in [0.15, 0.2) is 0 Å². The second kappa shape index (κ2) is 8.48. The Morgan fingerprint density at radius 2 is 2.05 bits per heavy atom. The molecule has 1 unspecified atom stereocenters. The topological polar surface area (TPSA) is 58.0 Å². The molecule has 0 fully saturated rings. The molecule has 0 aliphatic carbocycles. The molecule has 1 heterocycles. The second-order valence-corrected chi connectivity index (χ2v) is 5.95. The van der Waals surface area contributed by atoms with E-state index in [1.54, 1.807) is 0 Å². The predicted molar refractivity (Wildman–Crippen MR) is 82.4 cm³/mol. The Hall–Kier alpha value is -0.680. The number of anilines is 1. The van der Waals surface area contributed by atoms with Crippen molar-refractivity contribution in [3.05, 3.63) is 16.5 Å². The van der Waals surface area contributed by atoms with Crippen molar-refractivity contribution in [2.24, 2.45) is 5.92 Å². The van der Waals surface area contributed by atoms with E-state index < -0.39 is 0 Å². The zero-order valence-corrected chi connectivity index (χ0v) is 13.6. The fourth-order valence-corrected chi connectivity index (χ4v) is 2.37. The van der Waals surface area contributed by atoms with E-state index in [1.165, 1.54) is 0 Å². The first-order chi connectivity index (χ1) is 9.06. The Morgan fingerprint density at radius 1 is 1.32 bits per heavy atom. The molecule has 4 nitrogen and oxygen atoms in total. The molecule has 1 aromatic heterocycles. The summed E-state index contributed by atoms with van der Waals surface area (Å²) >= 11 is 3.42. The highest BCUT2D eigenvalue weighted by Crippen LogP contribution is 2.18. The summed E-state index contributed by atoms with van der Waals surface area (Å²) in [6.07, 6.45) is 3.10. The first-order valence-corrected chi connectivity index (χ1v) is 7.75. The third kappa shape index (κ3) is 5.87. The second-order valence-electron chi connectivity index (χ2n) is 5.14. The monoisotopic (exact) mass is 329 g/mol. The van der Waals surface area contributed by atoms with Crippen LogP contribution < -0.4 is 5.32 Å². The number of nitrogens with zero attached hydrogens (tertiary/aromatic N) is 2. The number of aromatic nitrogens is 2. The Labute approximate surface area is 124 Å². The van der Waals surface area contributed by atoms with Crippen LogP contribution in [0.15, 0.2) is 10.7 Å². The summed E-state index contributed by atoms with van der Waals surface area (Å²) in [6.45, 7) is 7.42. The number of halogens is 1. The third-order valence-electron chi connectivity index (χ3n) is 3.03. The normalized spacial score (nSPS) is 12.7. The molecule has 0 saturated heterocycles. The van der Waals surface area contributed by atoms with Crippen LogP contribution >= 0.6 is 15.9 Å². The molecule has 1 rings (SSSR count). The van der Waals surface area contributed by atoms with Gasteiger partial charge in [-0.2, -0.15) is 0 Å². The molecule has 0 aliphatic heterocycles. The van der Waals surface area contributed by atoms with Gasteiger partial charge >= 0.3 is 0 Å². The van der Waals surface area contributed by atoms with Crippen molar-refractivity contribution in [2.45, 2.75) is 46.0 Å². The van der Waals surface area contributed by atoms with Crippen molar-refractivity contribution >= 4 is 21.7 Å². The molecule has 0 aliphatic rings. The van der Waals surface area contributed by atoms with Crippen molar-refractivity contribution in [3.63, 3.8) is 0 Å². The number of hydrogen-bond donors (Lipinski definition) is 2. The minimum Gasteiger partial charge on any atom is -0.396 e. The van der Waals surface area contributed by atoms with Crippen LogP contribution in [0.2, 0.25) is 0 Å². The van der Waals surface area contributed by atoms with E-state index in [1.807, 2.05) is 6.07 Å². The van der Waals surface area contributed by atoms with Crippen molar-refractivity contribution in [1.29, 1.82) is 0 Å². The van der Waals surface area contributed by atoms with Crippen LogP contribution in [0, 0.1) is 5.92 Å². The number of aliphatic hydroxyl groups is 1. The maximum absolute atomic E-state index is 9.06. The highest BCUT2D eigenvalue weighted by molar-refractivity contribution is 9.10. The average Bonchev–Trinajstić information content (AvgIpc) is 2.36. The fourth-order valence-electron chi connectivity index (χ4n) is 1.97. The highest BCUT2D eigenvalue weighted by Gasteiger charge is 2.10. The van der Waals surface area contributed by atoms with Crippen LogP contribution in [0.5, 0.6) is 0 Å². The summed E-state index contributed by atoms with van der Waals surface area (Å²) in [7, 11) is 0. The molecule has 0 amide bonds. The van der Waals surface area contributed by atoms with Crippen LogP contribution in [0.3, 0.4) is 0 Å².